The van der Waals surface area contributed by atoms with Crippen molar-refractivity contribution in [3.63, 3.8) is 0 Å². The molecule has 1 unspecified atom stereocenters. The number of hydrogen-bond acceptors (Lipinski definition) is 4. The Morgan fingerprint density at radius 2 is 2.04 bits per heavy atom. The Hall–Kier alpha value is -2.47. The van der Waals surface area contributed by atoms with E-state index in [0.717, 1.165) is 38.5 Å². The Bertz CT molecular complexity index is 1050. The van der Waals surface area contributed by atoms with E-state index in [0.29, 0.717) is 5.39 Å². The predicted octanol–water partition coefficient (Wildman–Crippen LogP) is 4.15. The summed E-state index contributed by atoms with van der Waals surface area (Å²) in [6.45, 7) is 9.65. The lowest BCUT2D eigenvalue weighted by atomic mass is 10.1. The molecule has 0 spiro atoms. The summed E-state index contributed by atoms with van der Waals surface area (Å²) < 4.78 is 1.42. The van der Waals surface area contributed by atoms with Crippen molar-refractivity contribution in [2.75, 3.05) is 5.32 Å². The first-order valence-corrected chi connectivity index (χ1v) is 9.53. The van der Waals surface area contributed by atoms with Crippen LogP contribution in [-0.2, 0) is 11.2 Å². The molecule has 0 saturated carbocycles. The van der Waals surface area contributed by atoms with Crippen molar-refractivity contribution in [1.82, 2.24) is 9.55 Å². The second-order valence-corrected chi connectivity index (χ2v) is 7.75. The highest BCUT2D eigenvalue weighted by Crippen LogP contribution is 2.26. The number of fused-ring (bicyclic) bond motifs is 1. The van der Waals surface area contributed by atoms with E-state index in [1.54, 1.807) is 6.92 Å². The number of carbonyl (C=O) groups excluding carboxylic acids is 1. The second kappa shape index (κ2) is 7.03. The van der Waals surface area contributed by atoms with Crippen molar-refractivity contribution >= 4 is 33.1 Å². The zero-order valence-electron chi connectivity index (χ0n) is 15.7. The number of aryl methyl sites for hydroxylation is 4. The molecule has 0 saturated heterocycles. The van der Waals surface area contributed by atoms with Gasteiger partial charge in [0.15, 0.2) is 0 Å². The number of nitrogens with zero attached hydrogens (tertiary/aromatic N) is 2. The quantitative estimate of drug-likeness (QED) is 0.751. The van der Waals surface area contributed by atoms with E-state index in [-0.39, 0.29) is 11.5 Å². The fourth-order valence-corrected chi connectivity index (χ4v) is 4.07. The first kappa shape index (κ1) is 18.3. The molecule has 2 aromatic heterocycles. The number of amides is 1. The van der Waals surface area contributed by atoms with Crippen molar-refractivity contribution in [3.05, 3.63) is 56.4 Å². The fraction of sp³-hybridized carbons (Fsp3) is 0.350. The van der Waals surface area contributed by atoms with Crippen LogP contribution in [0, 0.1) is 20.8 Å². The Balaban J connectivity index is 1.97. The number of carbonyl (C=O) groups is 1. The number of aromatic nitrogens is 2. The summed E-state index contributed by atoms with van der Waals surface area (Å²) >= 11 is 1.51. The highest BCUT2D eigenvalue weighted by Gasteiger charge is 2.21. The van der Waals surface area contributed by atoms with E-state index < -0.39 is 6.04 Å². The van der Waals surface area contributed by atoms with Gasteiger partial charge >= 0.3 is 0 Å². The SMILES string of the molecule is CCc1cccc(C)c1NC(=O)C(C)n1cnc2sc(C)c(C)c2c1=O. The summed E-state index contributed by atoms with van der Waals surface area (Å²) in [5.74, 6) is -0.221. The molecular formula is C20H23N3O2S. The molecule has 26 heavy (non-hydrogen) atoms. The van der Waals surface area contributed by atoms with Crippen LogP contribution in [0.3, 0.4) is 0 Å². The van der Waals surface area contributed by atoms with Crippen LogP contribution in [0.2, 0.25) is 0 Å². The molecule has 0 aliphatic rings. The monoisotopic (exact) mass is 369 g/mol. The van der Waals surface area contributed by atoms with Crippen LogP contribution >= 0.6 is 11.3 Å². The molecular weight excluding hydrogens is 346 g/mol. The van der Waals surface area contributed by atoms with Gasteiger partial charge in [-0.25, -0.2) is 4.98 Å². The molecule has 1 aromatic carbocycles. The van der Waals surface area contributed by atoms with E-state index in [2.05, 4.69) is 17.2 Å². The Kier molecular flexibility index (Phi) is 4.96. The van der Waals surface area contributed by atoms with Crippen LogP contribution in [0.5, 0.6) is 0 Å². The number of thiophene rings is 1. The number of benzene rings is 1. The van der Waals surface area contributed by atoms with Gasteiger partial charge in [0.1, 0.15) is 10.9 Å². The molecule has 6 heteroatoms. The van der Waals surface area contributed by atoms with Gasteiger partial charge in [0, 0.05) is 10.6 Å². The molecule has 1 atom stereocenters. The topological polar surface area (TPSA) is 64.0 Å². The van der Waals surface area contributed by atoms with Gasteiger partial charge in [-0.15, -0.1) is 11.3 Å². The summed E-state index contributed by atoms with van der Waals surface area (Å²) in [5.41, 5.74) is 3.69. The standard InChI is InChI=1S/C20H23N3O2S/c1-6-15-9-7-8-11(2)17(15)22-18(24)13(4)23-10-21-19-16(20(23)25)12(3)14(5)26-19/h7-10,13H,6H2,1-5H3,(H,22,24). The van der Waals surface area contributed by atoms with E-state index in [1.807, 2.05) is 39.0 Å². The van der Waals surface area contributed by atoms with Crippen molar-refractivity contribution in [2.45, 2.75) is 47.1 Å². The van der Waals surface area contributed by atoms with Gasteiger partial charge in [0.05, 0.1) is 11.7 Å². The molecule has 2 heterocycles. The molecule has 1 N–H and O–H groups in total. The molecule has 3 aromatic rings. The Labute approximate surface area is 156 Å². The van der Waals surface area contributed by atoms with Gasteiger partial charge in [0.2, 0.25) is 5.91 Å². The minimum absolute atomic E-state index is 0.167. The maximum absolute atomic E-state index is 12.9. The van der Waals surface area contributed by atoms with Gasteiger partial charge in [-0.2, -0.15) is 0 Å². The highest BCUT2D eigenvalue weighted by atomic mass is 32.1. The maximum atomic E-state index is 12.9. The first-order valence-electron chi connectivity index (χ1n) is 8.71. The van der Waals surface area contributed by atoms with E-state index in [4.69, 9.17) is 0 Å². The molecule has 1 amide bonds. The van der Waals surface area contributed by atoms with Gasteiger partial charge in [-0.05, 0) is 50.8 Å². The van der Waals surface area contributed by atoms with Crippen LogP contribution in [-0.4, -0.2) is 15.5 Å². The van der Waals surface area contributed by atoms with Crippen LogP contribution in [0.25, 0.3) is 10.2 Å². The molecule has 0 fully saturated rings. The zero-order chi connectivity index (χ0) is 19.0. The Morgan fingerprint density at radius 1 is 1.31 bits per heavy atom. The van der Waals surface area contributed by atoms with Gasteiger partial charge in [0.25, 0.3) is 5.56 Å². The van der Waals surface area contributed by atoms with Crippen molar-refractivity contribution in [3.8, 4) is 0 Å². The third-order valence-electron chi connectivity index (χ3n) is 4.90. The average molecular weight is 369 g/mol. The van der Waals surface area contributed by atoms with Gasteiger partial charge in [-0.3, -0.25) is 14.2 Å². The maximum Gasteiger partial charge on any atom is 0.263 e. The number of anilines is 1. The fourth-order valence-electron chi connectivity index (χ4n) is 3.08. The lowest BCUT2D eigenvalue weighted by Crippen LogP contribution is -2.32. The third-order valence-corrected chi connectivity index (χ3v) is 6.01. The van der Waals surface area contributed by atoms with E-state index in [1.165, 1.54) is 22.2 Å². The molecule has 0 aliphatic carbocycles. The first-order chi connectivity index (χ1) is 12.3. The predicted molar refractivity (Wildman–Crippen MR) is 107 cm³/mol. The van der Waals surface area contributed by atoms with E-state index >= 15 is 0 Å². The van der Waals surface area contributed by atoms with E-state index in [9.17, 15) is 9.59 Å². The summed E-state index contributed by atoms with van der Waals surface area (Å²) in [7, 11) is 0. The molecule has 3 rings (SSSR count). The minimum Gasteiger partial charge on any atom is -0.324 e. The number of rotatable bonds is 4. The smallest absolute Gasteiger partial charge is 0.263 e. The third kappa shape index (κ3) is 3.05. The van der Waals surface area contributed by atoms with Crippen molar-refractivity contribution < 1.29 is 4.79 Å². The number of nitrogens with one attached hydrogen (secondary N) is 1. The van der Waals surface area contributed by atoms with Crippen LogP contribution in [0.15, 0.2) is 29.3 Å². The van der Waals surface area contributed by atoms with Gasteiger partial charge < -0.3 is 5.32 Å². The Morgan fingerprint density at radius 3 is 2.73 bits per heavy atom. The van der Waals surface area contributed by atoms with Gasteiger partial charge in [-0.1, -0.05) is 25.1 Å². The normalized spacial score (nSPS) is 12.3. The second-order valence-electron chi connectivity index (χ2n) is 6.55. The lowest BCUT2D eigenvalue weighted by molar-refractivity contribution is -0.118. The molecule has 0 aliphatic heterocycles. The summed E-state index contributed by atoms with van der Waals surface area (Å²) in [6.07, 6.45) is 2.30. The minimum atomic E-state index is -0.650. The summed E-state index contributed by atoms with van der Waals surface area (Å²) in [5, 5.41) is 3.61. The number of hydrogen-bond donors (Lipinski definition) is 1. The van der Waals surface area contributed by atoms with Crippen LogP contribution in [0.1, 0.15) is 41.5 Å². The summed E-state index contributed by atoms with van der Waals surface area (Å²) in [6, 6.07) is 5.31. The highest BCUT2D eigenvalue weighted by molar-refractivity contribution is 7.18. The largest absolute Gasteiger partial charge is 0.324 e. The van der Waals surface area contributed by atoms with Crippen molar-refractivity contribution in [1.29, 1.82) is 0 Å². The number of para-hydroxylation sites is 1. The van der Waals surface area contributed by atoms with Crippen molar-refractivity contribution in [2.24, 2.45) is 0 Å². The zero-order valence-corrected chi connectivity index (χ0v) is 16.5. The van der Waals surface area contributed by atoms with Crippen LogP contribution in [0.4, 0.5) is 5.69 Å². The molecule has 136 valence electrons. The molecule has 5 nitrogen and oxygen atoms in total. The average Bonchev–Trinajstić information content (AvgIpc) is 2.91. The van der Waals surface area contributed by atoms with Crippen LogP contribution < -0.4 is 10.9 Å². The molecule has 0 radical (unpaired) electrons. The lowest BCUT2D eigenvalue weighted by Gasteiger charge is -2.18. The molecule has 0 bridgehead atoms. The summed E-state index contributed by atoms with van der Waals surface area (Å²) in [4.78, 5) is 31.9.